The summed E-state index contributed by atoms with van der Waals surface area (Å²) in [5, 5.41) is 0.0918. The van der Waals surface area contributed by atoms with Gasteiger partial charge in [0, 0.05) is 11.1 Å². The van der Waals surface area contributed by atoms with Crippen LogP contribution in [0.25, 0.3) is 0 Å². The Labute approximate surface area is 309 Å². The van der Waals surface area contributed by atoms with E-state index < -0.39 is 20.2 Å². The van der Waals surface area contributed by atoms with Crippen LogP contribution < -0.4 is 17.8 Å². The van der Waals surface area contributed by atoms with Gasteiger partial charge >= 0.3 is 20.2 Å². The summed E-state index contributed by atoms with van der Waals surface area (Å²) in [4.78, 5) is 24.1. The normalized spacial score (nSPS) is 11.5. The number of hydrogen-bond donors (Lipinski definition) is 0. The lowest BCUT2D eigenvalue weighted by Gasteiger charge is -2.17. The molecule has 0 radical (unpaired) electrons. The van der Waals surface area contributed by atoms with Crippen molar-refractivity contribution >= 4 is 47.7 Å². The van der Waals surface area contributed by atoms with Gasteiger partial charge in [0.15, 0.2) is 11.6 Å². The first-order valence-electron chi connectivity index (χ1n) is 15.9. The standard InChI is InChI=1S/C19H21BrO5S.C19H22O5S/c1-12(2)15-9-18(24-4)16(17(21)11-20)10-19(15)25-26(22,23)14-7-5-13(3)6-8-14;1-12(2)16-10-18(23-5)17(14(4)20)11-19(16)24-25(21,22)15-8-6-13(3)7-9-15/h5-10,12H,11H2,1-4H3;6-12H,1-5H3. The van der Waals surface area contributed by atoms with E-state index in [0.717, 1.165) is 11.1 Å². The van der Waals surface area contributed by atoms with Gasteiger partial charge in [-0.2, -0.15) is 16.8 Å². The molecule has 274 valence electrons. The van der Waals surface area contributed by atoms with Crippen molar-refractivity contribution in [1.29, 1.82) is 0 Å². The maximum Gasteiger partial charge on any atom is 0.339 e. The van der Waals surface area contributed by atoms with Crippen molar-refractivity contribution in [1.82, 2.24) is 0 Å². The number of alkyl halides is 1. The zero-order chi connectivity index (χ0) is 38.3. The molecular weight excluding hydrogens is 760 g/mol. The number of carbonyl (C=O) groups excluding carboxylic acids is 2. The van der Waals surface area contributed by atoms with Gasteiger partial charge in [-0.1, -0.05) is 79.0 Å². The second-order valence-corrected chi connectivity index (χ2v) is 16.0. The van der Waals surface area contributed by atoms with E-state index in [1.807, 2.05) is 41.5 Å². The van der Waals surface area contributed by atoms with Gasteiger partial charge in [-0.3, -0.25) is 9.59 Å². The fourth-order valence-corrected chi connectivity index (χ4v) is 7.04. The van der Waals surface area contributed by atoms with E-state index >= 15 is 0 Å². The maximum atomic E-state index is 12.6. The van der Waals surface area contributed by atoms with Crippen LogP contribution in [0.5, 0.6) is 23.0 Å². The molecular formula is C38H43BrO10S2. The molecule has 4 aromatic rings. The van der Waals surface area contributed by atoms with Crippen LogP contribution >= 0.6 is 15.9 Å². The number of Topliss-reactive ketones (excluding diaryl/α,β-unsaturated/α-hetero) is 2. The molecule has 4 aromatic carbocycles. The molecule has 0 heterocycles. The monoisotopic (exact) mass is 802 g/mol. The van der Waals surface area contributed by atoms with Gasteiger partial charge in [0.05, 0.1) is 30.7 Å². The van der Waals surface area contributed by atoms with E-state index in [9.17, 15) is 26.4 Å². The van der Waals surface area contributed by atoms with Crippen molar-refractivity contribution in [3.8, 4) is 23.0 Å². The minimum absolute atomic E-state index is 0.0156. The van der Waals surface area contributed by atoms with Crippen LogP contribution in [0.2, 0.25) is 0 Å². The average Bonchev–Trinajstić information content (AvgIpc) is 3.07. The lowest BCUT2D eigenvalue weighted by molar-refractivity contribution is 0.100. The number of ketones is 2. The molecule has 0 aliphatic rings. The number of ether oxygens (including phenoxy) is 2. The Morgan fingerprint density at radius 3 is 1.27 bits per heavy atom. The third-order valence-electron chi connectivity index (χ3n) is 7.73. The molecule has 0 saturated carbocycles. The van der Waals surface area contributed by atoms with Crippen molar-refractivity contribution in [2.45, 2.75) is 70.1 Å². The van der Waals surface area contributed by atoms with E-state index in [2.05, 4.69) is 15.9 Å². The molecule has 0 fully saturated rings. The van der Waals surface area contributed by atoms with E-state index in [4.69, 9.17) is 17.8 Å². The van der Waals surface area contributed by atoms with Crippen molar-refractivity contribution in [2.24, 2.45) is 0 Å². The third-order valence-corrected chi connectivity index (χ3v) is 10.7. The van der Waals surface area contributed by atoms with Crippen LogP contribution in [-0.4, -0.2) is 48.0 Å². The van der Waals surface area contributed by atoms with Crippen LogP contribution in [-0.2, 0) is 20.2 Å². The molecule has 0 unspecified atom stereocenters. The SMILES string of the molecule is COc1cc(C(C)C)c(OS(=O)(=O)c2ccc(C)cc2)cc1C(=O)CBr.COc1cc(C(C)C)c(OS(=O)(=O)c2ccc(C)cc2)cc1C(C)=O. The zero-order valence-corrected chi connectivity index (χ0v) is 33.3. The molecule has 0 spiro atoms. The Hall–Kier alpha value is -4.20. The largest absolute Gasteiger partial charge is 0.496 e. The predicted octanol–water partition coefficient (Wildman–Crippen LogP) is 8.57. The van der Waals surface area contributed by atoms with Crippen LogP contribution in [0.1, 0.15) is 89.4 Å². The Bertz CT molecular complexity index is 2090. The Kier molecular flexibility index (Phi) is 14.0. The van der Waals surface area contributed by atoms with Gasteiger partial charge in [0.25, 0.3) is 0 Å². The highest BCUT2D eigenvalue weighted by atomic mass is 79.9. The van der Waals surface area contributed by atoms with Crippen LogP contribution in [0.3, 0.4) is 0 Å². The van der Waals surface area contributed by atoms with Gasteiger partial charge in [-0.05, 0) is 81.1 Å². The summed E-state index contributed by atoms with van der Waals surface area (Å²) in [5.74, 6) is 0.555. The van der Waals surface area contributed by atoms with E-state index in [1.165, 1.54) is 57.5 Å². The summed E-state index contributed by atoms with van der Waals surface area (Å²) in [5.41, 5.74) is 3.73. The quantitative estimate of drug-likeness (QED) is 0.0734. The van der Waals surface area contributed by atoms with Crippen molar-refractivity contribution in [2.75, 3.05) is 19.5 Å². The molecule has 0 N–H and O–H groups in total. The molecule has 4 rings (SSSR count). The number of methoxy groups -OCH3 is 2. The van der Waals surface area contributed by atoms with Crippen LogP contribution in [0, 0.1) is 13.8 Å². The average molecular weight is 804 g/mol. The highest BCUT2D eigenvalue weighted by Gasteiger charge is 2.25. The number of aryl methyl sites for hydroxylation is 2. The van der Waals surface area contributed by atoms with E-state index in [-0.39, 0.29) is 61.1 Å². The van der Waals surface area contributed by atoms with Gasteiger partial charge in [-0.25, -0.2) is 0 Å². The van der Waals surface area contributed by atoms with Crippen molar-refractivity contribution < 1.29 is 44.3 Å². The number of hydrogen-bond acceptors (Lipinski definition) is 10. The molecule has 10 nitrogen and oxygen atoms in total. The minimum atomic E-state index is -4.02. The second-order valence-electron chi connectivity index (χ2n) is 12.3. The van der Waals surface area contributed by atoms with Gasteiger partial charge in [0.1, 0.15) is 32.8 Å². The summed E-state index contributed by atoms with van der Waals surface area (Å²) in [6.45, 7) is 12.8. The molecule has 51 heavy (non-hydrogen) atoms. The Balaban J connectivity index is 0.000000276. The second kappa shape index (κ2) is 17.3. The highest BCUT2D eigenvalue weighted by molar-refractivity contribution is 9.09. The molecule has 0 saturated heterocycles. The fourth-order valence-electron chi connectivity index (χ4n) is 4.84. The summed E-state index contributed by atoms with van der Waals surface area (Å²) in [6.07, 6.45) is 0. The molecule has 0 aliphatic carbocycles. The van der Waals surface area contributed by atoms with Gasteiger partial charge in [0.2, 0.25) is 0 Å². The fraction of sp³-hybridized carbons (Fsp3) is 0.316. The molecule has 0 aromatic heterocycles. The topological polar surface area (TPSA) is 139 Å². The smallest absolute Gasteiger partial charge is 0.339 e. The first-order valence-corrected chi connectivity index (χ1v) is 19.8. The molecule has 0 amide bonds. The predicted molar refractivity (Wildman–Crippen MR) is 200 cm³/mol. The molecule has 0 aliphatic heterocycles. The lowest BCUT2D eigenvalue weighted by Crippen LogP contribution is -2.13. The number of rotatable bonds is 13. The summed E-state index contributed by atoms with van der Waals surface area (Å²) < 4.78 is 71.8. The first-order chi connectivity index (χ1) is 23.8. The molecule has 0 atom stereocenters. The van der Waals surface area contributed by atoms with Gasteiger partial charge in [-0.15, -0.1) is 0 Å². The summed E-state index contributed by atoms with van der Waals surface area (Å²) >= 11 is 3.13. The third kappa shape index (κ3) is 10.4. The number of benzene rings is 4. The molecule has 13 heteroatoms. The zero-order valence-electron chi connectivity index (χ0n) is 30.1. The maximum absolute atomic E-state index is 12.6. The lowest BCUT2D eigenvalue weighted by atomic mass is 9.98. The first kappa shape index (κ1) is 41.2. The van der Waals surface area contributed by atoms with Crippen molar-refractivity contribution in [3.63, 3.8) is 0 Å². The molecule has 0 bridgehead atoms. The minimum Gasteiger partial charge on any atom is -0.496 e. The van der Waals surface area contributed by atoms with Gasteiger partial charge < -0.3 is 17.8 Å². The van der Waals surface area contributed by atoms with E-state index in [1.54, 1.807) is 36.4 Å². The van der Waals surface area contributed by atoms with Crippen LogP contribution in [0.4, 0.5) is 0 Å². The summed E-state index contributed by atoms with van der Waals surface area (Å²) in [6, 6.07) is 19.0. The Morgan fingerprint density at radius 1 is 0.608 bits per heavy atom. The highest BCUT2D eigenvalue weighted by Crippen LogP contribution is 2.37. The number of halogens is 1. The van der Waals surface area contributed by atoms with Crippen molar-refractivity contribution in [3.05, 3.63) is 106 Å². The summed E-state index contributed by atoms with van der Waals surface area (Å²) in [7, 11) is -5.08. The van der Waals surface area contributed by atoms with E-state index in [0.29, 0.717) is 22.6 Å². The van der Waals surface area contributed by atoms with Crippen LogP contribution in [0.15, 0.2) is 82.6 Å². The Morgan fingerprint density at radius 2 is 0.961 bits per heavy atom. The number of carbonyl (C=O) groups is 2.